The first-order valence-electron chi connectivity index (χ1n) is 3.01. The summed E-state index contributed by atoms with van der Waals surface area (Å²) in [6.07, 6.45) is 0. The second-order valence-electron chi connectivity index (χ2n) is 2.84. The second-order valence-corrected chi connectivity index (χ2v) is 5.46. The van der Waals surface area contributed by atoms with Crippen molar-refractivity contribution in [1.82, 2.24) is 0 Å². The van der Waals surface area contributed by atoms with Gasteiger partial charge >= 0.3 is 47.7 Å². The van der Waals surface area contributed by atoms with E-state index in [1.54, 1.807) is 0 Å². The van der Waals surface area contributed by atoms with Gasteiger partial charge < -0.3 is 27.7 Å². The number of rotatable bonds is 2. The number of hydrogen-bond acceptors (Lipinski definition) is 1. The minimum absolute atomic E-state index is 0. The zero-order valence-electron chi connectivity index (χ0n) is 7.18. The molecule has 7 heteroatoms. The van der Waals surface area contributed by atoms with Gasteiger partial charge in [-0.2, -0.15) is 0 Å². The van der Waals surface area contributed by atoms with Crippen LogP contribution in [-0.2, 0) is 0 Å². The van der Waals surface area contributed by atoms with Crippen LogP contribution in [0.3, 0.4) is 0 Å². The first-order chi connectivity index (χ1) is 4.47. The molecule has 0 aliphatic heterocycles. The number of halogens is 3. The quantitative estimate of drug-likeness (QED) is 0.585. The summed E-state index contributed by atoms with van der Waals surface area (Å²) in [5.41, 5.74) is 0. The van der Waals surface area contributed by atoms with Crippen molar-refractivity contribution in [3.8, 4) is 0 Å². The number of likely N-dealkylation sites (N-methyl/N-ethyl adjacent to an activating group) is 1. The Hall–Kier alpha value is 2.75. The molecule has 0 fully saturated rings. The molecule has 0 aromatic heterocycles. The van der Waals surface area contributed by atoms with E-state index in [1.165, 1.54) is 0 Å². The molecule has 0 atom stereocenters. The first kappa shape index (κ1) is 24.1. The predicted octanol–water partition coefficient (Wildman–Crippen LogP) is 0.612. The Bertz CT molecular complexity index is 77.0. The molecular weight excluding hydrogens is 288 g/mol. The molecule has 0 bridgehead atoms. The topological polar surface area (TPSA) is 20.2 Å². The van der Waals surface area contributed by atoms with E-state index >= 15 is 0 Å². The van der Waals surface area contributed by atoms with Crippen LogP contribution in [0.5, 0.6) is 0 Å². The maximum atomic E-state index is 8.39. The van der Waals surface area contributed by atoms with Crippen LogP contribution in [0.1, 0.15) is 0 Å². The average Bonchev–Trinajstić information content (AvgIpc) is 1.63. The molecule has 0 rings (SSSR count). The molecule has 70 valence electrons. The van der Waals surface area contributed by atoms with E-state index in [9.17, 15) is 0 Å². The zero-order chi connectivity index (χ0) is 8.62. The van der Waals surface area contributed by atoms with Crippen molar-refractivity contribution in [2.45, 2.75) is 0 Å². The molecule has 0 aromatic carbocycles. The summed E-state index contributed by atoms with van der Waals surface area (Å²) in [6.45, 7) is 1.11. The van der Waals surface area contributed by atoms with Crippen LogP contribution in [0.15, 0.2) is 0 Å². The summed E-state index contributed by atoms with van der Waals surface area (Å²) in [5, 5.41) is 8.39. The average molecular weight is 304 g/mol. The third-order valence-corrected chi connectivity index (χ3v) is 0.771. The molecule has 12 heavy (non-hydrogen) atoms. The van der Waals surface area contributed by atoms with Gasteiger partial charge in [0.05, 0.1) is 27.7 Å². The van der Waals surface area contributed by atoms with Gasteiger partial charge in [-0.3, -0.25) is 0 Å². The fourth-order valence-corrected chi connectivity index (χ4v) is 0.300. The van der Waals surface area contributed by atoms with E-state index in [2.05, 4.69) is 21.1 Å². The van der Waals surface area contributed by atoms with Crippen LogP contribution < -0.4 is 0 Å². The predicted molar refractivity (Wildman–Crippen MR) is 64.9 cm³/mol. The van der Waals surface area contributed by atoms with Crippen molar-refractivity contribution >= 4 is 82.8 Å². The van der Waals surface area contributed by atoms with Crippen molar-refractivity contribution in [2.24, 2.45) is 0 Å². The summed E-state index contributed by atoms with van der Waals surface area (Å²) in [7, 11) is 16.0. The van der Waals surface area contributed by atoms with Gasteiger partial charge in [0.2, 0.25) is 0 Å². The first-order valence-corrected chi connectivity index (χ1v) is 7.28. The standard InChI is InChI=1S/C5H14NO.BrH.2ClH.Mg.Na.H/c1-6(2,3)4-5-7;;;;;;/h7H,4-5H2,1-3H3;3*1H;;;/q+1;;;;+2;;/p-2. The molecule has 0 aromatic rings. The summed E-state index contributed by atoms with van der Waals surface area (Å²) >= 11 is -0.639. The Morgan fingerprint density at radius 3 is 1.50 bits per heavy atom. The molecule has 0 radical (unpaired) electrons. The van der Waals surface area contributed by atoms with Gasteiger partial charge in [0.25, 0.3) is 0 Å². The molecule has 1 N–H and O–H groups in total. The molecule has 0 amide bonds. The van der Waals surface area contributed by atoms with Crippen LogP contribution in [0.25, 0.3) is 0 Å². The van der Waals surface area contributed by atoms with Crippen LogP contribution in [0, 0.1) is 0 Å². The molecular formula is C5H16BrCl2MgNNaO+. The van der Waals surface area contributed by atoms with Gasteiger partial charge in [-0.25, -0.2) is 0 Å². The molecule has 0 aliphatic carbocycles. The van der Waals surface area contributed by atoms with E-state index in [0.29, 0.717) is 0 Å². The number of hydrogen-bond donors (Lipinski definition) is 1. The van der Waals surface area contributed by atoms with E-state index in [0.717, 1.165) is 11.0 Å². The molecule has 0 saturated carbocycles. The van der Waals surface area contributed by atoms with Gasteiger partial charge in [-0.1, -0.05) is 0 Å². The summed E-state index contributed by atoms with van der Waals surface area (Å²) in [4.78, 5) is 0. The van der Waals surface area contributed by atoms with Crippen molar-refractivity contribution in [3.63, 3.8) is 0 Å². The van der Waals surface area contributed by atoms with E-state index in [4.69, 9.17) is 23.2 Å². The monoisotopic (exact) mass is 302 g/mol. The van der Waals surface area contributed by atoms with Gasteiger partial charge in [0.15, 0.2) is 0 Å². The normalized spacial score (nSPS) is 7.83. The van der Waals surface area contributed by atoms with Crippen LogP contribution in [0.2, 0.25) is 0 Å². The zero-order valence-corrected chi connectivity index (χ0v) is 11.8. The molecule has 0 unspecified atom stereocenters. The second kappa shape index (κ2) is 16.2. The Morgan fingerprint density at radius 1 is 1.25 bits per heavy atom. The van der Waals surface area contributed by atoms with Gasteiger partial charge in [0, 0.05) is 0 Å². The molecule has 0 spiro atoms. The van der Waals surface area contributed by atoms with E-state index < -0.39 is 18.2 Å². The third kappa shape index (κ3) is 38.6. The van der Waals surface area contributed by atoms with Gasteiger partial charge in [-0.15, -0.1) is 17.0 Å². The maximum absolute atomic E-state index is 8.39. The molecule has 0 heterocycles. The van der Waals surface area contributed by atoms with Crippen LogP contribution in [0.4, 0.5) is 0 Å². The van der Waals surface area contributed by atoms with Crippen molar-refractivity contribution in [1.29, 1.82) is 0 Å². The van der Waals surface area contributed by atoms with E-state index in [-0.39, 0.29) is 53.1 Å². The molecule has 2 nitrogen and oxygen atoms in total. The van der Waals surface area contributed by atoms with Gasteiger partial charge in [0.1, 0.15) is 6.54 Å². The number of aliphatic hydroxyl groups is 1. The van der Waals surface area contributed by atoms with Crippen molar-refractivity contribution in [3.05, 3.63) is 0 Å². The summed E-state index contributed by atoms with van der Waals surface area (Å²) in [5.74, 6) is 0. The summed E-state index contributed by atoms with van der Waals surface area (Å²) < 4.78 is 0.844. The van der Waals surface area contributed by atoms with Gasteiger partial charge in [-0.05, 0) is 0 Å². The Morgan fingerprint density at radius 2 is 1.50 bits per heavy atom. The Kier molecular flexibility index (Phi) is 32.5. The van der Waals surface area contributed by atoms with Crippen molar-refractivity contribution < 1.29 is 9.59 Å². The minimum atomic E-state index is -0.639. The Balaban J connectivity index is -0.0000000569. The SMILES string of the molecule is Br.C[N+](C)(C)CCO.[Cl][Mg][Cl].[NaH]. The fourth-order valence-electron chi connectivity index (χ4n) is 0.300. The van der Waals surface area contributed by atoms with E-state index in [1.807, 2.05) is 0 Å². The fraction of sp³-hybridized carbons (Fsp3) is 1.00. The molecule has 0 saturated heterocycles. The molecule has 0 aliphatic rings. The van der Waals surface area contributed by atoms with Crippen LogP contribution in [-0.4, -0.2) is 91.6 Å². The Labute approximate surface area is 125 Å². The third-order valence-electron chi connectivity index (χ3n) is 0.771. The number of quaternary nitrogens is 1. The number of nitrogens with zero attached hydrogens (tertiary/aromatic N) is 1. The van der Waals surface area contributed by atoms with Crippen LogP contribution >= 0.6 is 35.1 Å². The number of aliphatic hydroxyl groups excluding tert-OH is 1. The van der Waals surface area contributed by atoms with Crippen molar-refractivity contribution in [2.75, 3.05) is 34.3 Å². The summed E-state index contributed by atoms with van der Waals surface area (Å²) in [6, 6.07) is 0.